The van der Waals surface area contributed by atoms with E-state index < -0.39 is 35.5 Å². The summed E-state index contributed by atoms with van der Waals surface area (Å²) in [5.74, 6) is -1.29. The van der Waals surface area contributed by atoms with Crippen LogP contribution in [-0.4, -0.2) is 44.5 Å². The van der Waals surface area contributed by atoms with E-state index in [0.717, 1.165) is 11.1 Å². The molecule has 2 atom stereocenters. The summed E-state index contributed by atoms with van der Waals surface area (Å²) in [7, 11) is 0. The van der Waals surface area contributed by atoms with E-state index in [1.165, 1.54) is 35.9 Å². The van der Waals surface area contributed by atoms with Crippen molar-refractivity contribution < 1.29 is 32.5 Å². The van der Waals surface area contributed by atoms with Gasteiger partial charge in [-0.1, -0.05) is 41.9 Å². The molecule has 2 aromatic carbocycles. The van der Waals surface area contributed by atoms with Gasteiger partial charge in [0.15, 0.2) is 0 Å². The van der Waals surface area contributed by atoms with Crippen LogP contribution >= 0.6 is 22.9 Å². The van der Waals surface area contributed by atoms with Crippen molar-refractivity contribution in [2.45, 2.75) is 70.1 Å². The van der Waals surface area contributed by atoms with Crippen LogP contribution in [-0.2, 0) is 16.0 Å². The number of fused-ring (bicyclic) bond motifs is 1. The molecular weight excluding hydrogens is 615 g/mol. The first-order chi connectivity index (χ1) is 20.5. The summed E-state index contributed by atoms with van der Waals surface area (Å²) in [6.07, 6.45) is -3.59. The van der Waals surface area contributed by atoms with E-state index in [2.05, 4.69) is 9.97 Å². The number of rotatable bonds is 8. The largest absolute Gasteiger partial charge is 0.480 e. The van der Waals surface area contributed by atoms with E-state index >= 15 is 0 Å². The second-order valence-corrected chi connectivity index (χ2v) is 13.3. The molecule has 4 aromatic rings. The minimum atomic E-state index is -4.79. The maximum atomic E-state index is 14.8. The lowest BCUT2D eigenvalue weighted by Gasteiger charge is -2.40. The van der Waals surface area contributed by atoms with Gasteiger partial charge in [0.1, 0.15) is 17.1 Å². The Morgan fingerprint density at radius 2 is 1.84 bits per heavy atom. The lowest BCUT2D eigenvalue weighted by atomic mass is 9.83. The Morgan fingerprint density at radius 1 is 1.14 bits per heavy atom. The highest BCUT2D eigenvalue weighted by Gasteiger charge is 2.46. The van der Waals surface area contributed by atoms with Crippen LogP contribution in [0.25, 0.3) is 26.9 Å². The molecule has 232 valence electrons. The predicted octanol–water partition coefficient (Wildman–Crippen LogP) is 8.01. The summed E-state index contributed by atoms with van der Waals surface area (Å²) >= 11 is 7.48. The molecule has 0 aliphatic carbocycles. The van der Waals surface area contributed by atoms with Crippen molar-refractivity contribution in [2.24, 2.45) is 5.73 Å². The second kappa shape index (κ2) is 11.8. The van der Waals surface area contributed by atoms with Gasteiger partial charge in [-0.15, -0.1) is 11.3 Å². The van der Waals surface area contributed by atoms with E-state index in [1.807, 2.05) is 33.8 Å². The van der Waals surface area contributed by atoms with Crippen molar-refractivity contribution in [1.82, 2.24) is 9.97 Å². The summed E-state index contributed by atoms with van der Waals surface area (Å²) in [6, 6.07) is 10.4. The molecule has 0 bridgehead atoms. The van der Waals surface area contributed by atoms with Gasteiger partial charge in [-0.25, -0.2) is 9.97 Å². The Balaban J connectivity index is 1.53. The number of thiophene rings is 1. The molecule has 1 aliphatic heterocycles. The average Bonchev–Trinajstić information content (AvgIpc) is 3.35. The van der Waals surface area contributed by atoms with Gasteiger partial charge >= 0.3 is 12.1 Å². The Labute approximate surface area is 261 Å². The fourth-order valence-corrected chi connectivity index (χ4v) is 6.74. The van der Waals surface area contributed by atoms with Crippen molar-refractivity contribution >= 4 is 44.7 Å². The molecule has 2 aromatic heterocycles. The quantitative estimate of drug-likeness (QED) is 0.200. The van der Waals surface area contributed by atoms with Crippen LogP contribution < -0.4 is 10.5 Å². The number of nitrogens with two attached hydrogens (primary N) is 1. The molecule has 12 heteroatoms. The first-order valence-corrected chi connectivity index (χ1v) is 15.0. The third-order valence-electron chi connectivity index (χ3n) is 7.21. The number of carbonyl (C=O) groups is 1. The molecule has 5 rings (SSSR count). The van der Waals surface area contributed by atoms with Crippen molar-refractivity contribution in [3.63, 3.8) is 0 Å². The zero-order chi connectivity index (χ0) is 32.0. The van der Waals surface area contributed by atoms with Crippen LogP contribution in [0.5, 0.6) is 5.88 Å². The smallest absolute Gasteiger partial charge is 0.429 e. The number of aromatic nitrogens is 2. The number of aliphatic carboxylic acids is 1. The van der Waals surface area contributed by atoms with E-state index in [4.69, 9.17) is 31.9 Å². The van der Waals surface area contributed by atoms with Gasteiger partial charge in [0, 0.05) is 28.0 Å². The van der Waals surface area contributed by atoms with Crippen LogP contribution in [0.4, 0.5) is 13.2 Å². The molecule has 44 heavy (non-hydrogen) atoms. The molecule has 7 nitrogen and oxygen atoms in total. The lowest BCUT2D eigenvalue weighted by molar-refractivity contribution is -0.198. The van der Waals surface area contributed by atoms with Crippen LogP contribution in [0.15, 0.2) is 60.2 Å². The van der Waals surface area contributed by atoms with Crippen molar-refractivity contribution in [3.05, 3.63) is 82.0 Å². The number of alkyl halides is 3. The Kier molecular flexibility index (Phi) is 8.54. The topological polar surface area (TPSA) is 108 Å². The second-order valence-electron chi connectivity index (χ2n) is 11.9. The standard InChI is InChI=1S/C32H31ClF3N3O4S/c1-30(2)13-19(14-31(3,4)43-30)22-12-20(33)9-10-21(22)27(32(34,35)36)42-28-26-25(38-16-39-28)23(15-44-26)18-7-5-17(6-8-18)11-24(37)29(40)41/h5-10,12-13,15-16,24,27H,11,14,37H2,1-4H3,(H,40,41)/t24?,27-/m1/s1. The molecule has 1 unspecified atom stereocenters. The summed E-state index contributed by atoms with van der Waals surface area (Å²) in [4.78, 5) is 19.6. The maximum absolute atomic E-state index is 14.8. The normalized spacial score (nSPS) is 17.6. The SMILES string of the molecule is CC1(C)C=C(c2cc(Cl)ccc2[C@@H](Oc2ncnc3c(-c4ccc(CC(N)C(=O)O)cc4)csc23)C(F)(F)F)CC(C)(C)O1. The molecule has 0 saturated carbocycles. The van der Waals surface area contributed by atoms with Crippen LogP contribution in [0, 0.1) is 0 Å². The maximum Gasteiger partial charge on any atom is 0.429 e. The number of ether oxygens (including phenoxy) is 2. The lowest BCUT2D eigenvalue weighted by Crippen LogP contribution is -2.40. The van der Waals surface area contributed by atoms with Crippen molar-refractivity contribution in [2.75, 3.05) is 0 Å². The highest BCUT2D eigenvalue weighted by Crippen LogP contribution is 2.46. The molecule has 0 amide bonds. The Bertz CT molecular complexity index is 1740. The summed E-state index contributed by atoms with van der Waals surface area (Å²) in [5.41, 5.74) is 7.85. The highest BCUT2D eigenvalue weighted by molar-refractivity contribution is 7.18. The van der Waals surface area contributed by atoms with Crippen molar-refractivity contribution in [1.29, 1.82) is 0 Å². The molecule has 0 saturated heterocycles. The summed E-state index contributed by atoms with van der Waals surface area (Å²) in [5, 5.41) is 11.2. The number of carboxylic acids is 1. The predicted molar refractivity (Wildman–Crippen MR) is 165 cm³/mol. The zero-order valence-corrected chi connectivity index (χ0v) is 26.0. The molecule has 3 N–H and O–H groups in total. The van der Waals surface area contributed by atoms with Gasteiger partial charge in [0.2, 0.25) is 12.0 Å². The van der Waals surface area contributed by atoms with Crippen molar-refractivity contribution in [3.8, 4) is 17.0 Å². The summed E-state index contributed by atoms with van der Waals surface area (Å²) in [6.45, 7) is 7.52. The van der Waals surface area contributed by atoms with Gasteiger partial charge in [-0.05, 0) is 74.6 Å². The monoisotopic (exact) mass is 645 g/mol. The van der Waals surface area contributed by atoms with Gasteiger partial charge in [0.25, 0.3) is 0 Å². The van der Waals surface area contributed by atoms with Gasteiger partial charge in [-0.2, -0.15) is 13.2 Å². The van der Waals surface area contributed by atoms with Gasteiger partial charge in [0.05, 0.1) is 16.7 Å². The van der Waals surface area contributed by atoms with Gasteiger partial charge in [-0.3, -0.25) is 4.79 Å². The molecule has 0 spiro atoms. The number of hydrogen-bond donors (Lipinski definition) is 2. The number of carboxylic acid groups (broad SMARTS) is 1. The molecule has 1 aliphatic rings. The molecule has 0 radical (unpaired) electrons. The first-order valence-electron chi connectivity index (χ1n) is 13.8. The Hall–Kier alpha value is -3.51. The minimum Gasteiger partial charge on any atom is -0.480 e. The van der Waals surface area contributed by atoms with E-state index in [0.29, 0.717) is 38.4 Å². The Morgan fingerprint density at radius 3 is 2.48 bits per heavy atom. The summed E-state index contributed by atoms with van der Waals surface area (Å²) < 4.78 is 56.6. The van der Waals surface area contributed by atoms with Crippen LogP contribution in [0.1, 0.15) is 56.9 Å². The van der Waals surface area contributed by atoms with Crippen LogP contribution in [0.2, 0.25) is 5.02 Å². The number of hydrogen-bond acceptors (Lipinski definition) is 7. The van der Waals surface area contributed by atoms with E-state index in [-0.39, 0.29) is 17.9 Å². The number of halogens is 4. The molecule has 0 fully saturated rings. The average molecular weight is 646 g/mol. The molecular formula is C32H31ClF3N3O4S. The fraction of sp³-hybridized carbons (Fsp3) is 0.344. The third-order valence-corrected chi connectivity index (χ3v) is 8.40. The molecule has 3 heterocycles. The van der Waals surface area contributed by atoms with Gasteiger partial charge < -0.3 is 20.3 Å². The number of nitrogens with zero attached hydrogens (tertiary/aromatic N) is 2. The van der Waals surface area contributed by atoms with E-state index in [1.54, 1.807) is 29.6 Å². The van der Waals surface area contributed by atoms with E-state index in [9.17, 15) is 18.0 Å². The highest BCUT2D eigenvalue weighted by atomic mass is 35.5. The zero-order valence-electron chi connectivity index (χ0n) is 24.4. The minimum absolute atomic E-state index is 0.0830. The first kappa shape index (κ1) is 31.9. The fourth-order valence-electron chi connectivity index (χ4n) is 5.61. The third kappa shape index (κ3) is 6.91. The van der Waals surface area contributed by atoms with Crippen LogP contribution in [0.3, 0.4) is 0 Å². The number of benzene rings is 2.